The Kier molecular flexibility index (Phi) is 6.10. The number of guanidine groups is 1. The first-order valence-corrected chi connectivity index (χ1v) is 7.45. The standard InChI is InChI=1S/C17H18F3N3O2/c1-12-6-2-4-8-14(12)24-11-10-22-16(21)23-13-7-3-5-9-15(13)25-17(18,19)20/h2-9H,10-11H2,1H3,(H3,21,22,23). The van der Waals surface area contributed by atoms with Crippen LogP contribution in [0.5, 0.6) is 11.5 Å². The number of halogens is 3. The molecule has 0 heterocycles. The van der Waals surface area contributed by atoms with Gasteiger partial charge >= 0.3 is 6.36 Å². The van der Waals surface area contributed by atoms with E-state index in [0.717, 1.165) is 11.3 Å². The summed E-state index contributed by atoms with van der Waals surface area (Å²) in [7, 11) is 0. The number of alkyl halides is 3. The van der Waals surface area contributed by atoms with Crippen molar-refractivity contribution in [2.45, 2.75) is 13.3 Å². The lowest BCUT2D eigenvalue weighted by Crippen LogP contribution is -2.25. The van der Waals surface area contributed by atoms with Gasteiger partial charge in [0.25, 0.3) is 0 Å². The van der Waals surface area contributed by atoms with Crippen molar-refractivity contribution in [2.75, 3.05) is 18.5 Å². The zero-order valence-electron chi connectivity index (χ0n) is 13.5. The van der Waals surface area contributed by atoms with E-state index in [2.05, 4.69) is 15.0 Å². The lowest BCUT2D eigenvalue weighted by molar-refractivity contribution is -0.274. The molecule has 0 amide bonds. The Morgan fingerprint density at radius 3 is 2.40 bits per heavy atom. The summed E-state index contributed by atoms with van der Waals surface area (Å²) in [5.74, 6) is 0.323. The summed E-state index contributed by atoms with van der Waals surface area (Å²) in [6.45, 7) is 2.45. The maximum absolute atomic E-state index is 12.4. The topological polar surface area (TPSA) is 68.9 Å². The van der Waals surface area contributed by atoms with Crippen LogP contribution in [-0.2, 0) is 0 Å². The van der Waals surface area contributed by atoms with Gasteiger partial charge in [-0.1, -0.05) is 30.3 Å². The maximum atomic E-state index is 12.4. The van der Waals surface area contributed by atoms with Crippen molar-refractivity contribution in [3.05, 3.63) is 54.1 Å². The molecule has 5 nitrogen and oxygen atoms in total. The Balaban J connectivity index is 1.90. The summed E-state index contributed by atoms with van der Waals surface area (Å²) in [6, 6.07) is 13.1. The number of anilines is 1. The van der Waals surface area contributed by atoms with Gasteiger partial charge in [-0.25, -0.2) is 4.99 Å². The van der Waals surface area contributed by atoms with E-state index >= 15 is 0 Å². The first kappa shape index (κ1) is 18.4. The third-order valence-corrected chi connectivity index (χ3v) is 3.10. The number of nitrogens with two attached hydrogens (primary N) is 1. The highest BCUT2D eigenvalue weighted by molar-refractivity contribution is 5.93. The maximum Gasteiger partial charge on any atom is 0.573 e. The molecule has 0 fully saturated rings. The minimum absolute atomic E-state index is 0.0355. The van der Waals surface area contributed by atoms with Gasteiger partial charge in [0.2, 0.25) is 0 Å². The van der Waals surface area contributed by atoms with E-state index in [9.17, 15) is 13.2 Å². The van der Waals surface area contributed by atoms with Crippen molar-refractivity contribution in [3.63, 3.8) is 0 Å². The summed E-state index contributed by atoms with van der Waals surface area (Å²) < 4.78 is 46.6. The molecule has 25 heavy (non-hydrogen) atoms. The second kappa shape index (κ2) is 8.27. The number of nitrogens with zero attached hydrogens (tertiary/aromatic N) is 1. The van der Waals surface area contributed by atoms with Crippen molar-refractivity contribution in [1.82, 2.24) is 0 Å². The molecule has 0 aliphatic carbocycles. The van der Waals surface area contributed by atoms with E-state index in [4.69, 9.17) is 10.5 Å². The van der Waals surface area contributed by atoms with Crippen molar-refractivity contribution >= 4 is 11.6 Å². The van der Waals surface area contributed by atoms with Crippen LogP contribution in [0, 0.1) is 6.92 Å². The third-order valence-electron chi connectivity index (χ3n) is 3.10. The van der Waals surface area contributed by atoms with Crippen LogP contribution in [-0.4, -0.2) is 25.5 Å². The molecule has 3 N–H and O–H groups in total. The number of aliphatic imine (C=N–C) groups is 1. The molecule has 2 rings (SSSR count). The number of hydrogen-bond donors (Lipinski definition) is 2. The van der Waals surface area contributed by atoms with E-state index in [0.29, 0.717) is 0 Å². The minimum Gasteiger partial charge on any atom is -0.491 e. The second-order valence-corrected chi connectivity index (χ2v) is 5.05. The number of aryl methyl sites for hydroxylation is 1. The van der Waals surface area contributed by atoms with Gasteiger partial charge < -0.3 is 20.5 Å². The predicted octanol–water partition coefficient (Wildman–Crippen LogP) is 3.70. The van der Waals surface area contributed by atoms with Crippen molar-refractivity contribution in [1.29, 1.82) is 0 Å². The fraction of sp³-hybridized carbons (Fsp3) is 0.235. The molecule has 0 radical (unpaired) electrons. The van der Waals surface area contributed by atoms with Crippen LogP contribution in [0.2, 0.25) is 0 Å². The Hall–Kier alpha value is -2.90. The predicted molar refractivity (Wildman–Crippen MR) is 89.9 cm³/mol. The largest absolute Gasteiger partial charge is 0.573 e. The van der Waals surface area contributed by atoms with Crippen LogP contribution in [0.1, 0.15) is 5.56 Å². The number of hydrogen-bond acceptors (Lipinski definition) is 3. The molecule has 8 heteroatoms. The lowest BCUT2D eigenvalue weighted by Gasteiger charge is -2.14. The van der Waals surface area contributed by atoms with E-state index in [-0.39, 0.29) is 30.5 Å². The quantitative estimate of drug-likeness (QED) is 0.472. The minimum atomic E-state index is -4.79. The molecule has 0 unspecified atom stereocenters. The normalized spacial score (nSPS) is 11.9. The first-order chi connectivity index (χ1) is 11.8. The Bertz CT molecular complexity index is 733. The molecule has 0 atom stereocenters. The molecule has 0 bridgehead atoms. The summed E-state index contributed by atoms with van der Waals surface area (Å²) in [4.78, 5) is 4.02. The molecular formula is C17H18F3N3O2. The molecule has 0 saturated heterocycles. The van der Waals surface area contributed by atoms with E-state index < -0.39 is 6.36 Å². The van der Waals surface area contributed by atoms with Gasteiger partial charge in [-0.05, 0) is 30.7 Å². The van der Waals surface area contributed by atoms with Crippen LogP contribution in [0.15, 0.2) is 53.5 Å². The second-order valence-electron chi connectivity index (χ2n) is 5.05. The van der Waals surface area contributed by atoms with E-state index in [1.54, 1.807) is 6.07 Å². The third kappa shape index (κ3) is 6.25. The zero-order valence-corrected chi connectivity index (χ0v) is 13.5. The van der Waals surface area contributed by atoms with Gasteiger partial charge in [0.1, 0.15) is 12.4 Å². The Morgan fingerprint density at radius 1 is 1.08 bits per heavy atom. The van der Waals surface area contributed by atoms with Gasteiger partial charge in [0.15, 0.2) is 11.7 Å². The van der Waals surface area contributed by atoms with Gasteiger partial charge in [-0.15, -0.1) is 13.2 Å². The van der Waals surface area contributed by atoms with E-state index in [1.165, 1.54) is 18.2 Å². The Morgan fingerprint density at radius 2 is 1.72 bits per heavy atom. The number of para-hydroxylation sites is 3. The van der Waals surface area contributed by atoms with Gasteiger partial charge in [0.05, 0.1) is 12.2 Å². The molecule has 0 saturated carbocycles. The summed E-state index contributed by atoms with van der Waals surface area (Å²) in [5, 5.41) is 2.59. The molecule has 2 aromatic rings. The SMILES string of the molecule is Cc1ccccc1OCCN=C(N)Nc1ccccc1OC(F)(F)F. The average Bonchev–Trinajstić information content (AvgIpc) is 2.54. The highest BCUT2D eigenvalue weighted by Gasteiger charge is 2.32. The Labute approximate surface area is 143 Å². The number of nitrogens with one attached hydrogen (secondary N) is 1. The van der Waals surface area contributed by atoms with Gasteiger partial charge in [0, 0.05) is 0 Å². The molecular weight excluding hydrogens is 335 g/mol. The van der Waals surface area contributed by atoms with Gasteiger partial charge in [-0.2, -0.15) is 0 Å². The van der Waals surface area contributed by atoms with Crippen molar-refractivity contribution in [2.24, 2.45) is 10.7 Å². The molecule has 0 aliphatic rings. The summed E-state index contributed by atoms with van der Waals surface area (Å²) in [6.07, 6.45) is -4.79. The number of rotatable bonds is 6. The summed E-state index contributed by atoms with van der Waals surface area (Å²) in [5.41, 5.74) is 6.76. The molecule has 0 spiro atoms. The van der Waals surface area contributed by atoms with Crippen molar-refractivity contribution < 1.29 is 22.6 Å². The van der Waals surface area contributed by atoms with Crippen LogP contribution in [0.4, 0.5) is 18.9 Å². The first-order valence-electron chi connectivity index (χ1n) is 7.45. The molecule has 2 aromatic carbocycles. The van der Waals surface area contributed by atoms with Crippen LogP contribution < -0.4 is 20.5 Å². The number of ether oxygens (including phenoxy) is 2. The smallest absolute Gasteiger partial charge is 0.491 e. The highest BCUT2D eigenvalue weighted by atomic mass is 19.4. The molecule has 134 valence electrons. The number of benzene rings is 2. The fourth-order valence-electron chi connectivity index (χ4n) is 2.00. The average molecular weight is 353 g/mol. The van der Waals surface area contributed by atoms with Crippen LogP contribution >= 0.6 is 0 Å². The molecule has 0 aromatic heterocycles. The monoisotopic (exact) mass is 353 g/mol. The van der Waals surface area contributed by atoms with E-state index in [1.807, 2.05) is 31.2 Å². The van der Waals surface area contributed by atoms with Crippen molar-refractivity contribution in [3.8, 4) is 11.5 Å². The fourth-order valence-corrected chi connectivity index (χ4v) is 2.00. The zero-order chi connectivity index (χ0) is 18.3. The van der Waals surface area contributed by atoms with Crippen LogP contribution in [0.3, 0.4) is 0 Å². The highest BCUT2D eigenvalue weighted by Crippen LogP contribution is 2.29. The molecule has 0 aliphatic heterocycles. The van der Waals surface area contributed by atoms with Gasteiger partial charge in [-0.3, -0.25) is 0 Å². The lowest BCUT2D eigenvalue weighted by atomic mass is 10.2. The van der Waals surface area contributed by atoms with Crippen LogP contribution in [0.25, 0.3) is 0 Å². The summed E-state index contributed by atoms with van der Waals surface area (Å²) >= 11 is 0.